The van der Waals surface area contributed by atoms with Crippen molar-refractivity contribution in [1.82, 2.24) is 9.78 Å². The average Bonchev–Trinajstić information content (AvgIpc) is 2.90. The number of rotatable bonds is 3. The van der Waals surface area contributed by atoms with E-state index >= 15 is 0 Å². The third-order valence-corrected chi connectivity index (χ3v) is 4.40. The van der Waals surface area contributed by atoms with E-state index in [1.807, 2.05) is 22.9 Å². The molecule has 2 aromatic rings. The van der Waals surface area contributed by atoms with E-state index in [0.717, 1.165) is 43.1 Å². The number of hydrogen-bond acceptors (Lipinski definition) is 3. The first-order chi connectivity index (χ1) is 10.2. The summed E-state index contributed by atoms with van der Waals surface area (Å²) in [4.78, 5) is 11.0. The lowest BCUT2D eigenvalue weighted by Gasteiger charge is -2.26. The maximum atomic E-state index is 11.0. The Kier molecular flexibility index (Phi) is 3.61. The minimum atomic E-state index is -0.665. The van der Waals surface area contributed by atoms with E-state index in [1.165, 1.54) is 0 Å². The van der Waals surface area contributed by atoms with E-state index in [4.69, 9.17) is 10.4 Å². The van der Waals surface area contributed by atoms with Gasteiger partial charge in [0.25, 0.3) is 0 Å². The zero-order chi connectivity index (χ0) is 14.8. The number of fused-ring (bicyclic) bond motifs is 1. The van der Waals surface area contributed by atoms with Crippen molar-refractivity contribution in [3.8, 4) is 6.07 Å². The monoisotopic (exact) mass is 283 g/mol. The number of hydrogen-bond donors (Lipinski definition) is 1. The van der Waals surface area contributed by atoms with Crippen molar-refractivity contribution < 1.29 is 9.90 Å². The van der Waals surface area contributed by atoms with Crippen molar-refractivity contribution in [1.29, 1.82) is 5.26 Å². The molecule has 1 saturated carbocycles. The fourth-order valence-corrected chi connectivity index (χ4v) is 3.14. The van der Waals surface area contributed by atoms with Gasteiger partial charge in [-0.25, -0.2) is 0 Å². The molecular weight excluding hydrogens is 266 g/mol. The molecule has 1 fully saturated rings. The van der Waals surface area contributed by atoms with E-state index in [9.17, 15) is 4.79 Å². The Hall–Kier alpha value is -2.35. The van der Waals surface area contributed by atoms with Gasteiger partial charge < -0.3 is 5.11 Å². The zero-order valence-electron chi connectivity index (χ0n) is 11.7. The lowest BCUT2D eigenvalue weighted by atomic mass is 9.82. The summed E-state index contributed by atoms with van der Waals surface area (Å²) in [5.41, 5.74) is 1.68. The van der Waals surface area contributed by atoms with Gasteiger partial charge in [-0.15, -0.1) is 0 Å². The van der Waals surface area contributed by atoms with Gasteiger partial charge in [0.2, 0.25) is 0 Å². The third kappa shape index (κ3) is 2.75. The summed E-state index contributed by atoms with van der Waals surface area (Å²) in [5.74, 6) is -0.352. The summed E-state index contributed by atoms with van der Waals surface area (Å²) in [7, 11) is 0. The van der Waals surface area contributed by atoms with Crippen molar-refractivity contribution in [3.63, 3.8) is 0 Å². The van der Waals surface area contributed by atoms with Crippen LogP contribution >= 0.6 is 0 Å². The molecule has 1 aliphatic rings. The summed E-state index contributed by atoms with van der Waals surface area (Å²) in [5, 5.41) is 23.3. The standard InChI is InChI=1S/C16H17N3O2/c17-8-12-3-6-15-14(7-12)9-18-19(15)10-11-1-4-13(5-2-11)16(20)21/h3,6-7,9,11,13H,1-2,4-5,10H2,(H,20,21). The molecule has 21 heavy (non-hydrogen) atoms. The van der Waals surface area contributed by atoms with Crippen LogP contribution in [0.4, 0.5) is 0 Å². The number of benzene rings is 1. The minimum absolute atomic E-state index is 0.172. The maximum absolute atomic E-state index is 11.0. The highest BCUT2D eigenvalue weighted by molar-refractivity contribution is 5.80. The Morgan fingerprint density at radius 2 is 2.14 bits per heavy atom. The molecule has 3 rings (SSSR count). The van der Waals surface area contributed by atoms with Crippen LogP contribution in [0, 0.1) is 23.2 Å². The Morgan fingerprint density at radius 3 is 2.81 bits per heavy atom. The van der Waals surface area contributed by atoms with Crippen LogP contribution in [0.3, 0.4) is 0 Å². The Labute approximate surface area is 122 Å². The molecule has 1 aromatic carbocycles. The molecule has 5 nitrogen and oxygen atoms in total. The summed E-state index contributed by atoms with van der Waals surface area (Å²) in [6.07, 6.45) is 5.19. The van der Waals surface area contributed by atoms with Crippen molar-refractivity contribution in [2.24, 2.45) is 11.8 Å². The molecule has 1 aromatic heterocycles. The second-order valence-corrected chi connectivity index (χ2v) is 5.77. The molecule has 0 saturated heterocycles. The maximum Gasteiger partial charge on any atom is 0.306 e. The largest absolute Gasteiger partial charge is 0.481 e. The number of aromatic nitrogens is 2. The molecule has 0 spiro atoms. The first kappa shape index (κ1) is 13.6. The minimum Gasteiger partial charge on any atom is -0.481 e. The van der Waals surface area contributed by atoms with Gasteiger partial charge in [0.15, 0.2) is 0 Å². The Balaban J connectivity index is 1.72. The average molecular weight is 283 g/mol. The number of nitrogens with zero attached hydrogens (tertiary/aromatic N) is 3. The molecule has 0 atom stereocenters. The first-order valence-electron chi connectivity index (χ1n) is 7.26. The van der Waals surface area contributed by atoms with Crippen LogP contribution in [0.2, 0.25) is 0 Å². The fraction of sp³-hybridized carbons (Fsp3) is 0.438. The quantitative estimate of drug-likeness (QED) is 0.939. The summed E-state index contributed by atoms with van der Waals surface area (Å²) < 4.78 is 1.97. The highest BCUT2D eigenvalue weighted by atomic mass is 16.4. The van der Waals surface area contributed by atoms with Gasteiger partial charge in [-0.1, -0.05) is 0 Å². The smallest absolute Gasteiger partial charge is 0.306 e. The molecule has 0 aliphatic heterocycles. The van der Waals surface area contributed by atoms with Crippen molar-refractivity contribution in [2.45, 2.75) is 32.2 Å². The van der Waals surface area contributed by atoms with Crippen molar-refractivity contribution in [3.05, 3.63) is 30.0 Å². The van der Waals surface area contributed by atoms with Crippen LogP contribution < -0.4 is 0 Å². The lowest BCUT2D eigenvalue weighted by molar-refractivity contribution is -0.143. The summed E-state index contributed by atoms with van der Waals surface area (Å²) in [6, 6.07) is 7.72. The molecule has 0 radical (unpaired) electrons. The second kappa shape index (κ2) is 5.57. The third-order valence-electron chi connectivity index (χ3n) is 4.40. The van der Waals surface area contributed by atoms with Crippen LogP contribution in [0.1, 0.15) is 31.2 Å². The Morgan fingerprint density at radius 1 is 1.38 bits per heavy atom. The van der Waals surface area contributed by atoms with E-state index in [0.29, 0.717) is 11.5 Å². The molecule has 1 heterocycles. The van der Waals surface area contributed by atoms with Gasteiger partial charge in [0.1, 0.15) is 0 Å². The SMILES string of the molecule is N#Cc1ccc2c(cnn2CC2CCC(C(=O)O)CC2)c1. The number of carboxylic acids is 1. The predicted octanol–water partition coefficient (Wildman–Crippen LogP) is 2.80. The Bertz CT molecular complexity index is 706. The van der Waals surface area contributed by atoms with Crippen molar-refractivity contribution >= 4 is 16.9 Å². The molecule has 1 N–H and O–H groups in total. The fourth-order valence-electron chi connectivity index (χ4n) is 3.14. The van der Waals surface area contributed by atoms with Crippen LogP contribution in [0.5, 0.6) is 0 Å². The topological polar surface area (TPSA) is 78.9 Å². The van der Waals surface area contributed by atoms with Gasteiger partial charge in [0.05, 0.1) is 29.3 Å². The lowest BCUT2D eigenvalue weighted by Crippen LogP contribution is -2.24. The van der Waals surface area contributed by atoms with Crippen molar-refractivity contribution in [2.75, 3.05) is 0 Å². The molecule has 0 amide bonds. The van der Waals surface area contributed by atoms with E-state index in [2.05, 4.69) is 11.2 Å². The zero-order valence-corrected chi connectivity index (χ0v) is 11.7. The highest BCUT2D eigenvalue weighted by Gasteiger charge is 2.26. The van der Waals surface area contributed by atoms with Gasteiger partial charge >= 0.3 is 5.97 Å². The van der Waals surface area contributed by atoms with Crippen LogP contribution in [-0.4, -0.2) is 20.9 Å². The molecular formula is C16H17N3O2. The number of carbonyl (C=O) groups is 1. The molecule has 0 unspecified atom stereocenters. The van der Waals surface area contributed by atoms with E-state index in [1.54, 1.807) is 6.20 Å². The molecule has 5 heteroatoms. The van der Waals surface area contributed by atoms with Gasteiger partial charge in [-0.2, -0.15) is 10.4 Å². The molecule has 108 valence electrons. The normalized spacial score (nSPS) is 22.0. The molecule has 0 bridgehead atoms. The summed E-state index contributed by atoms with van der Waals surface area (Å²) in [6.45, 7) is 0.821. The number of carboxylic acid groups (broad SMARTS) is 1. The van der Waals surface area contributed by atoms with E-state index < -0.39 is 5.97 Å². The van der Waals surface area contributed by atoms with Gasteiger partial charge in [-0.05, 0) is 49.8 Å². The van der Waals surface area contributed by atoms with E-state index in [-0.39, 0.29) is 5.92 Å². The highest BCUT2D eigenvalue weighted by Crippen LogP contribution is 2.30. The number of aliphatic carboxylic acids is 1. The molecule has 1 aliphatic carbocycles. The van der Waals surface area contributed by atoms with Crippen LogP contribution in [0.15, 0.2) is 24.4 Å². The summed E-state index contributed by atoms with van der Waals surface area (Å²) >= 11 is 0. The van der Waals surface area contributed by atoms with Crippen LogP contribution in [0.25, 0.3) is 10.9 Å². The van der Waals surface area contributed by atoms with Gasteiger partial charge in [0, 0.05) is 11.9 Å². The predicted molar refractivity (Wildman–Crippen MR) is 77.5 cm³/mol. The first-order valence-corrected chi connectivity index (χ1v) is 7.26. The van der Waals surface area contributed by atoms with Gasteiger partial charge in [-0.3, -0.25) is 9.48 Å². The second-order valence-electron chi connectivity index (χ2n) is 5.77. The number of nitriles is 1. The van der Waals surface area contributed by atoms with Crippen LogP contribution in [-0.2, 0) is 11.3 Å².